The van der Waals surface area contributed by atoms with Crippen molar-refractivity contribution < 1.29 is 9.53 Å². The number of hydrogen-bond acceptors (Lipinski definition) is 4. The Kier molecular flexibility index (Phi) is 7.36. The fourth-order valence-electron chi connectivity index (χ4n) is 4.26. The van der Waals surface area contributed by atoms with Gasteiger partial charge in [-0.3, -0.25) is 14.6 Å². The average Bonchev–Trinajstić information content (AvgIpc) is 2.57. The third-order valence-corrected chi connectivity index (χ3v) is 5.89. The minimum Gasteiger partial charge on any atom is -0.379 e. The summed E-state index contributed by atoms with van der Waals surface area (Å²) in [6, 6.07) is 0. The first-order valence-electron chi connectivity index (χ1n) is 10.1. The molecule has 0 aliphatic carbocycles. The molecule has 0 saturated carbocycles. The molecule has 0 unspecified atom stereocenters. The molecule has 138 valence electrons. The molecular formula is C19H35N3O2. The lowest BCUT2D eigenvalue weighted by Gasteiger charge is -2.36. The second-order valence-electron chi connectivity index (χ2n) is 7.78. The van der Waals surface area contributed by atoms with Crippen LogP contribution in [0.3, 0.4) is 0 Å². The molecule has 3 aliphatic rings. The van der Waals surface area contributed by atoms with Crippen LogP contribution in [0.1, 0.15) is 44.9 Å². The molecule has 0 spiro atoms. The van der Waals surface area contributed by atoms with Crippen molar-refractivity contribution in [3.63, 3.8) is 0 Å². The van der Waals surface area contributed by atoms with Gasteiger partial charge in [-0.15, -0.1) is 0 Å². The number of rotatable bonds is 4. The first kappa shape index (κ1) is 18.2. The summed E-state index contributed by atoms with van der Waals surface area (Å²) in [5.41, 5.74) is 0. The molecule has 1 amide bonds. The summed E-state index contributed by atoms with van der Waals surface area (Å²) in [4.78, 5) is 19.7. The van der Waals surface area contributed by atoms with Crippen LogP contribution in [0.2, 0.25) is 0 Å². The van der Waals surface area contributed by atoms with Crippen molar-refractivity contribution >= 4 is 5.91 Å². The van der Waals surface area contributed by atoms with Crippen molar-refractivity contribution in [2.45, 2.75) is 44.9 Å². The van der Waals surface area contributed by atoms with Gasteiger partial charge in [-0.1, -0.05) is 19.3 Å². The van der Waals surface area contributed by atoms with E-state index in [2.05, 4.69) is 14.7 Å². The predicted octanol–water partition coefficient (Wildman–Crippen LogP) is 1.82. The third-order valence-electron chi connectivity index (χ3n) is 5.89. The van der Waals surface area contributed by atoms with Gasteiger partial charge in [-0.25, -0.2) is 0 Å². The molecule has 3 rings (SSSR count). The second-order valence-corrected chi connectivity index (χ2v) is 7.78. The number of nitrogens with zero attached hydrogens (tertiary/aromatic N) is 3. The van der Waals surface area contributed by atoms with Gasteiger partial charge in [0.05, 0.1) is 19.8 Å². The molecule has 0 atom stereocenters. The van der Waals surface area contributed by atoms with E-state index in [1.165, 1.54) is 51.5 Å². The Bertz CT molecular complexity index is 369. The number of carbonyl (C=O) groups is 1. The summed E-state index contributed by atoms with van der Waals surface area (Å²) in [6.45, 7) is 9.97. The maximum Gasteiger partial charge on any atom is 0.236 e. The van der Waals surface area contributed by atoms with Crippen LogP contribution in [0.5, 0.6) is 0 Å². The highest BCUT2D eigenvalue weighted by Gasteiger charge is 2.25. The molecule has 0 aromatic rings. The lowest BCUT2D eigenvalue weighted by atomic mass is 9.96. The highest BCUT2D eigenvalue weighted by atomic mass is 16.5. The Morgan fingerprint density at radius 1 is 0.792 bits per heavy atom. The number of amides is 1. The molecule has 3 fully saturated rings. The van der Waals surface area contributed by atoms with Gasteiger partial charge < -0.3 is 9.64 Å². The standard InChI is InChI=1S/C19H35N3O2/c23-19(22-8-4-2-1-3-5-9-22)17-20-10-6-18(7-11-20)16-21-12-14-24-15-13-21/h18H,1-17H2. The van der Waals surface area contributed by atoms with Crippen LogP contribution in [0, 0.1) is 5.92 Å². The van der Waals surface area contributed by atoms with E-state index in [9.17, 15) is 4.79 Å². The topological polar surface area (TPSA) is 36.0 Å². The molecule has 5 nitrogen and oxygen atoms in total. The number of hydrogen-bond donors (Lipinski definition) is 0. The van der Waals surface area contributed by atoms with E-state index in [0.717, 1.165) is 58.4 Å². The highest BCUT2D eigenvalue weighted by Crippen LogP contribution is 2.19. The smallest absolute Gasteiger partial charge is 0.236 e. The van der Waals surface area contributed by atoms with Crippen LogP contribution < -0.4 is 0 Å². The Labute approximate surface area is 147 Å². The van der Waals surface area contributed by atoms with Gasteiger partial charge in [-0.2, -0.15) is 0 Å². The maximum absolute atomic E-state index is 12.6. The van der Waals surface area contributed by atoms with E-state index in [1.54, 1.807) is 0 Å². The summed E-state index contributed by atoms with van der Waals surface area (Å²) < 4.78 is 5.43. The maximum atomic E-state index is 12.6. The summed E-state index contributed by atoms with van der Waals surface area (Å²) in [5, 5.41) is 0. The van der Waals surface area contributed by atoms with E-state index in [4.69, 9.17) is 4.74 Å². The fraction of sp³-hybridized carbons (Fsp3) is 0.947. The van der Waals surface area contributed by atoms with Crippen LogP contribution in [0.25, 0.3) is 0 Å². The van der Waals surface area contributed by atoms with Crippen molar-refractivity contribution in [3.05, 3.63) is 0 Å². The molecule has 0 radical (unpaired) electrons. The Hall–Kier alpha value is -0.650. The Morgan fingerprint density at radius 3 is 2.08 bits per heavy atom. The fourth-order valence-corrected chi connectivity index (χ4v) is 4.26. The minimum atomic E-state index is 0.364. The number of carbonyl (C=O) groups excluding carboxylic acids is 1. The van der Waals surface area contributed by atoms with Crippen LogP contribution in [-0.2, 0) is 9.53 Å². The van der Waals surface area contributed by atoms with E-state index in [1.807, 2.05) is 0 Å². The Morgan fingerprint density at radius 2 is 1.42 bits per heavy atom. The summed E-state index contributed by atoms with van der Waals surface area (Å²) in [5.74, 6) is 1.17. The first-order valence-corrected chi connectivity index (χ1v) is 10.1. The number of piperidine rings is 1. The quantitative estimate of drug-likeness (QED) is 0.784. The van der Waals surface area contributed by atoms with Crippen LogP contribution in [-0.4, -0.2) is 86.2 Å². The number of likely N-dealkylation sites (tertiary alicyclic amines) is 2. The highest BCUT2D eigenvalue weighted by molar-refractivity contribution is 5.78. The molecule has 0 bridgehead atoms. The van der Waals surface area contributed by atoms with Gasteiger partial charge in [0.1, 0.15) is 0 Å². The third kappa shape index (κ3) is 5.71. The molecule has 0 aromatic heterocycles. The summed E-state index contributed by atoms with van der Waals surface area (Å²) >= 11 is 0. The van der Waals surface area contributed by atoms with Gasteiger partial charge >= 0.3 is 0 Å². The minimum absolute atomic E-state index is 0.364. The molecule has 3 saturated heterocycles. The zero-order valence-electron chi connectivity index (χ0n) is 15.3. The van der Waals surface area contributed by atoms with Crippen molar-refractivity contribution in [1.29, 1.82) is 0 Å². The molecule has 24 heavy (non-hydrogen) atoms. The van der Waals surface area contributed by atoms with Crippen LogP contribution in [0.4, 0.5) is 0 Å². The largest absolute Gasteiger partial charge is 0.379 e. The van der Waals surface area contributed by atoms with Crippen molar-refractivity contribution in [3.8, 4) is 0 Å². The zero-order chi connectivity index (χ0) is 16.6. The van der Waals surface area contributed by atoms with Gasteiger partial charge in [0.2, 0.25) is 5.91 Å². The van der Waals surface area contributed by atoms with E-state index in [-0.39, 0.29) is 0 Å². The SMILES string of the molecule is O=C(CN1CCC(CN2CCOCC2)CC1)N1CCCCCCC1. The van der Waals surface area contributed by atoms with Crippen LogP contribution in [0.15, 0.2) is 0 Å². The molecule has 5 heteroatoms. The molecule has 0 N–H and O–H groups in total. The second kappa shape index (κ2) is 9.73. The summed E-state index contributed by atoms with van der Waals surface area (Å²) in [6.07, 6.45) is 8.78. The van der Waals surface area contributed by atoms with Gasteiger partial charge in [0.25, 0.3) is 0 Å². The van der Waals surface area contributed by atoms with Gasteiger partial charge in [0, 0.05) is 32.7 Å². The molecular weight excluding hydrogens is 302 g/mol. The molecule has 0 aromatic carbocycles. The number of ether oxygens (including phenoxy) is 1. The lowest BCUT2D eigenvalue weighted by Crippen LogP contribution is -2.46. The van der Waals surface area contributed by atoms with Crippen LogP contribution >= 0.6 is 0 Å². The van der Waals surface area contributed by atoms with Gasteiger partial charge in [0.15, 0.2) is 0 Å². The van der Waals surface area contributed by atoms with E-state index < -0.39 is 0 Å². The Balaban J connectivity index is 1.35. The number of morpholine rings is 1. The van der Waals surface area contributed by atoms with Crippen molar-refractivity contribution in [2.24, 2.45) is 5.92 Å². The molecule has 3 aliphatic heterocycles. The molecule has 3 heterocycles. The monoisotopic (exact) mass is 337 g/mol. The normalized spacial score (nSPS) is 26.1. The first-order chi connectivity index (χ1) is 11.8. The van der Waals surface area contributed by atoms with E-state index in [0.29, 0.717) is 12.5 Å². The summed E-state index contributed by atoms with van der Waals surface area (Å²) in [7, 11) is 0. The van der Waals surface area contributed by atoms with Crippen molar-refractivity contribution in [2.75, 3.05) is 65.6 Å². The average molecular weight is 338 g/mol. The van der Waals surface area contributed by atoms with Gasteiger partial charge in [-0.05, 0) is 44.7 Å². The predicted molar refractivity (Wildman–Crippen MR) is 96.1 cm³/mol. The lowest BCUT2D eigenvalue weighted by molar-refractivity contribution is -0.133. The van der Waals surface area contributed by atoms with E-state index >= 15 is 0 Å². The van der Waals surface area contributed by atoms with Crippen molar-refractivity contribution in [1.82, 2.24) is 14.7 Å². The zero-order valence-corrected chi connectivity index (χ0v) is 15.3.